The number of nitrogens with zero attached hydrogens (tertiary/aromatic N) is 5. The van der Waals surface area contributed by atoms with Crippen molar-refractivity contribution >= 4 is 34.1 Å². The van der Waals surface area contributed by atoms with Crippen molar-refractivity contribution in [2.75, 3.05) is 18.8 Å². The smallest absolute Gasteiger partial charge is 0.383 e. The molecule has 1 aliphatic rings. The number of rotatable bonds is 4. The van der Waals surface area contributed by atoms with Crippen LogP contribution in [0.5, 0.6) is 0 Å². The molecule has 5 rings (SSSR count). The number of likely N-dealkylation sites (tertiary alicyclic amines) is 1. The van der Waals surface area contributed by atoms with Gasteiger partial charge >= 0.3 is 6.18 Å². The number of nitrogen functional groups attached to an aromatic ring is 1. The Morgan fingerprint density at radius 3 is 2.77 bits per heavy atom. The van der Waals surface area contributed by atoms with Crippen LogP contribution in [-0.2, 0) is 11.0 Å². The molecular weight excluding hydrogens is 477 g/mol. The molecule has 4 heterocycles. The number of halogens is 3. The van der Waals surface area contributed by atoms with E-state index in [1.54, 1.807) is 21.7 Å². The Bertz CT molecular complexity index is 1430. The molecule has 3 aromatic heterocycles. The number of anilines is 1. The van der Waals surface area contributed by atoms with Gasteiger partial charge in [-0.15, -0.1) is 11.3 Å². The van der Waals surface area contributed by atoms with Crippen LogP contribution in [-0.4, -0.2) is 43.6 Å². The molecule has 1 amide bonds. The Morgan fingerprint density at radius 1 is 1.20 bits per heavy atom. The van der Waals surface area contributed by atoms with Gasteiger partial charge in [-0.2, -0.15) is 18.3 Å². The first-order valence-corrected chi connectivity index (χ1v) is 11.8. The minimum atomic E-state index is -4.42. The molecule has 11 heteroatoms. The molecule has 1 fully saturated rings. The van der Waals surface area contributed by atoms with Gasteiger partial charge in [0.25, 0.3) is 0 Å². The molecule has 1 unspecified atom stereocenters. The molecule has 1 aromatic carbocycles. The molecule has 0 bridgehead atoms. The van der Waals surface area contributed by atoms with Crippen molar-refractivity contribution in [2.45, 2.75) is 25.1 Å². The molecule has 4 aromatic rings. The van der Waals surface area contributed by atoms with Crippen molar-refractivity contribution in [3.63, 3.8) is 0 Å². The van der Waals surface area contributed by atoms with E-state index in [9.17, 15) is 18.0 Å². The van der Waals surface area contributed by atoms with Gasteiger partial charge in [0.05, 0.1) is 21.9 Å². The summed E-state index contributed by atoms with van der Waals surface area (Å²) < 4.78 is 41.3. The van der Waals surface area contributed by atoms with Crippen LogP contribution in [0.3, 0.4) is 0 Å². The second-order valence-electron chi connectivity index (χ2n) is 8.28. The first kappa shape index (κ1) is 23.0. The molecule has 1 aliphatic heterocycles. The lowest BCUT2D eigenvalue weighted by atomic mass is 10.1. The molecular formula is C24H21F3N6OS. The van der Waals surface area contributed by atoms with Crippen molar-refractivity contribution < 1.29 is 18.0 Å². The van der Waals surface area contributed by atoms with Gasteiger partial charge in [0, 0.05) is 18.0 Å². The van der Waals surface area contributed by atoms with E-state index in [1.165, 1.54) is 29.8 Å². The van der Waals surface area contributed by atoms with E-state index in [1.807, 2.05) is 6.07 Å². The summed E-state index contributed by atoms with van der Waals surface area (Å²) in [7, 11) is 0. The monoisotopic (exact) mass is 498 g/mol. The molecule has 7 nitrogen and oxygen atoms in total. The topological polar surface area (TPSA) is 89.9 Å². The molecule has 0 saturated carbocycles. The Balaban J connectivity index is 1.56. The number of benzene rings is 1. The second-order valence-corrected chi connectivity index (χ2v) is 9.36. The summed E-state index contributed by atoms with van der Waals surface area (Å²) in [5.41, 5.74) is 7.10. The number of fused-ring (bicyclic) bond motifs is 1. The molecule has 180 valence electrons. The van der Waals surface area contributed by atoms with E-state index in [2.05, 4.69) is 16.5 Å². The summed E-state index contributed by atoms with van der Waals surface area (Å²) in [5.74, 6) is 0.129. The highest BCUT2D eigenvalue weighted by atomic mass is 32.1. The minimum absolute atomic E-state index is 0.110. The number of hydrogen-bond acceptors (Lipinski definition) is 6. The maximum Gasteiger partial charge on any atom is 0.416 e. The summed E-state index contributed by atoms with van der Waals surface area (Å²) >= 11 is 1.32. The molecule has 1 atom stereocenters. The van der Waals surface area contributed by atoms with E-state index in [0.29, 0.717) is 40.3 Å². The molecule has 0 radical (unpaired) electrons. The summed E-state index contributed by atoms with van der Waals surface area (Å²) in [6.45, 7) is 4.69. The number of amides is 1. The fraction of sp³-hybridized carbons (Fsp3) is 0.250. The SMILES string of the molecule is C=CC(=O)N1CCCC(n2nc(-c3ccc(-c4cccc(C(F)(F)F)c4)s3)c3c(N)ncnc32)C1. The van der Waals surface area contributed by atoms with E-state index >= 15 is 0 Å². The van der Waals surface area contributed by atoms with Crippen LogP contribution in [0.25, 0.3) is 32.0 Å². The lowest BCUT2D eigenvalue weighted by Crippen LogP contribution is -2.40. The van der Waals surface area contributed by atoms with Crippen LogP contribution in [0.15, 0.2) is 55.4 Å². The summed E-state index contributed by atoms with van der Waals surface area (Å²) in [5, 5.41) is 5.41. The second kappa shape index (κ2) is 8.81. The van der Waals surface area contributed by atoms with Crippen LogP contribution in [0.2, 0.25) is 0 Å². The highest BCUT2D eigenvalue weighted by molar-refractivity contribution is 7.18. The number of piperidine rings is 1. The highest BCUT2D eigenvalue weighted by Gasteiger charge is 2.31. The van der Waals surface area contributed by atoms with Gasteiger partial charge in [-0.05, 0) is 48.7 Å². The third-order valence-corrected chi connectivity index (χ3v) is 7.20. The lowest BCUT2D eigenvalue weighted by molar-refractivity contribution is -0.137. The maximum absolute atomic E-state index is 13.2. The lowest BCUT2D eigenvalue weighted by Gasteiger charge is -2.32. The fourth-order valence-corrected chi connectivity index (χ4v) is 5.37. The van der Waals surface area contributed by atoms with Gasteiger partial charge < -0.3 is 10.6 Å². The third kappa shape index (κ3) is 4.27. The molecule has 1 saturated heterocycles. The summed E-state index contributed by atoms with van der Waals surface area (Å²) in [4.78, 5) is 23.9. The predicted molar refractivity (Wildman–Crippen MR) is 129 cm³/mol. The van der Waals surface area contributed by atoms with Gasteiger partial charge in [-0.25, -0.2) is 14.6 Å². The number of carbonyl (C=O) groups excluding carboxylic acids is 1. The number of alkyl halides is 3. The largest absolute Gasteiger partial charge is 0.416 e. The van der Waals surface area contributed by atoms with Gasteiger partial charge in [0.2, 0.25) is 5.91 Å². The molecule has 0 spiro atoms. The number of hydrogen-bond donors (Lipinski definition) is 1. The number of carbonyl (C=O) groups is 1. The van der Waals surface area contributed by atoms with E-state index in [0.717, 1.165) is 29.9 Å². The fourth-order valence-electron chi connectivity index (χ4n) is 4.38. The van der Waals surface area contributed by atoms with Gasteiger partial charge in [0.15, 0.2) is 5.65 Å². The van der Waals surface area contributed by atoms with Crippen molar-refractivity contribution in [1.29, 1.82) is 0 Å². The Hall–Kier alpha value is -3.73. The number of nitrogens with two attached hydrogens (primary N) is 1. The zero-order chi connectivity index (χ0) is 24.7. The first-order valence-electron chi connectivity index (χ1n) is 10.9. The maximum atomic E-state index is 13.2. The van der Waals surface area contributed by atoms with E-state index in [-0.39, 0.29) is 17.8 Å². The Labute approximate surface area is 202 Å². The zero-order valence-corrected chi connectivity index (χ0v) is 19.3. The number of thiophene rings is 1. The first-order chi connectivity index (χ1) is 16.8. The van der Waals surface area contributed by atoms with Crippen molar-refractivity contribution in [3.05, 3.63) is 60.9 Å². The molecule has 0 aliphatic carbocycles. The van der Waals surface area contributed by atoms with Crippen LogP contribution >= 0.6 is 11.3 Å². The van der Waals surface area contributed by atoms with Crippen molar-refractivity contribution in [3.8, 4) is 21.0 Å². The average Bonchev–Trinajstić information content (AvgIpc) is 3.49. The highest BCUT2D eigenvalue weighted by Crippen LogP contribution is 2.40. The number of aromatic nitrogens is 4. The van der Waals surface area contributed by atoms with Crippen LogP contribution in [0.1, 0.15) is 24.4 Å². The average molecular weight is 499 g/mol. The van der Waals surface area contributed by atoms with Crippen LogP contribution < -0.4 is 5.73 Å². The zero-order valence-electron chi connectivity index (χ0n) is 18.5. The van der Waals surface area contributed by atoms with Crippen LogP contribution in [0.4, 0.5) is 19.0 Å². The van der Waals surface area contributed by atoms with Crippen LogP contribution in [0, 0.1) is 0 Å². The van der Waals surface area contributed by atoms with Crippen molar-refractivity contribution in [2.24, 2.45) is 0 Å². The minimum Gasteiger partial charge on any atom is -0.383 e. The molecule has 35 heavy (non-hydrogen) atoms. The van der Waals surface area contributed by atoms with Gasteiger partial charge in [-0.1, -0.05) is 18.7 Å². The van der Waals surface area contributed by atoms with Gasteiger partial charge in [-0.3, -0.25) is 4.79 Å². The standard InChI is InChI=1S/C24H21F3N6OS/c1-2-19(34)32-10-4-7-16(12-32)33-23-20(22(28)29-13-30-23)21(31-33)18-9-8-17(35-18)14-5-3-6-15(11-14)24(25,26)27/h2-3,5-6,8-9,11,13,16H,1,4,7,10,12H2,(H2,28,29,30). The van der Waals surface area contributed by atoms with Crippen molar-refractivity contribution in [1.82, 2.24) is 24.6 Å². The Kier molecular flexibility index (Phi) is 5.79. The van der Waals surface area contributed by atoms with E-state index < -0.39 is 11.7 Å². The molecule has 2 N–H and O–H groups in total. The predicted octanol–water partition coefficient (Wildman–Crippen LogP) is 5.17. The quantitative estimate of drug-likeness (QED) is 0.392. The Morgan fingerprint density at radius 2 is 2.00 bits per heavy atom. The summed E-state index contributed by atoms with van der Waals surface area (Å²) in [6.07, 6.45) is -0.132. The van der Waals surface area contributed by atoms with Gasteiger partial charge in [0.1, 0.15) is 17.8 Å². The third-order valence-electron chi connectivity index (χ3n) is 6.06. The summed E-state index contributed by atoms with van der Waals surface area (Å²) in [6, 6.07) is 8.70. The normalized spacial score (nSPS) is 16.5. The van der Waals surface area contributed by atoms with E-state index in [4.69, 9.17) is 10.8 Å².